The minimum atomic E-state index is -0.937. The molecule has 0 saturated carbocycles. The smallest absolute Gasteiger partial charge is 0.257 e. The van der Waals surface area contributed by atoms with E-state index in [9.17, 15) is 14.4 Å². The minimum absolute atomic E-state index is 0.130. The number of amides is 2. The highest BCUT2D eigenvalue weighted by molar-refractivity contribution is 7.98. The Morgan fingerprint density at radius 1 is 1.19 bits per heavy atom. The number of hydrogen-bond acceptors (Lipinski definition) is 6. The van der Waals surface area contributed by atoms with Crippen LogP contribution in [-0.4, -0.2) is 28.9 Å². The van der Waals surface area contributed by atoms with E-state index in [-0.39, 0.29) is 23.7 Å². The Morgan fingerprint density at radius 2 is 1.94 bits per heavy atom. The third-order valence-corrected chi connectivity index (χ3v) is 6.15. The van der Waals surface area contributed by atoms with Crippen LogP contribution in [0.3, 0.4) is 0 Å². The van der Waals surface area contributed by atoms with Crippen molar-refractivity contribution < 1.29 is 14.3 Å². The first-order chi connectivity index (χ1) is 15.4. The van der Waals surface area contributed by atoms with Crippen LogP contribution in [0.1, 0.15) is 29.0 Å². The van der Waals surface area contributed by atoms with Gasteiger partial charge in [0.1, 0.15) is 11.6 Å². The minimum Gasteiger partial charge on any atom is -0.497 e. The van der Waals surface area contributed by atoms with Crippen LogP contribution < -0.4 is 20.9 Å². The maximum Gasteiger partial charge on any atom is 0.257 e. The van der Waals surface area contributed by atoms with Crippen LogP contribution in [0.4, 0.5) is 11.5 Å². The van der Waals surface area contributed by atoms with E-state index in [1.807, 2.05) is 31.2 Å². The van der Waals surface area contributed by atoms with Crippen molar-refractivity contribution in [3.05, 3.63) is 75.6 Å². The van der Waals surface area contributed by atoms with Crippen molar-refractivity contribution in [2.45, 2.75) is 30.2 Å². The van der Waals surface area contributed by atoms with Crippen molar-refractivity contribution in [3.63, 3.8) is 0 Å². The molecule has 1 aliphatic heterocycles. The Kier molecular flexibility index (Phi) is 6.27. The Morgan fingerprint density at radius 3 is 2.66 bits per heavy atom. The maximum atomic E-state index is 12.9. The monoisotopic (exact) mass is 450 g/mol. The first-order valence-corrected chi connectivity index (χ1v) is 11.0. The first kappa shape index (κ1) is 21.6. The second kappa shape index (κ2) is 9.27. The number of H-pyrrole nitrogens is 1. The lowest BCUT2D eigenvalue weighted by atomic mass is 9.92. The standard InChI is InChI=1S/C23H22N4O4S/c1-13-5-3-4-6-14(13)12-32-23-26-20-19(22(30)27-23)17(11-18(28)25-20)21(29)24-15-7-9-16(31-2)10-8-15/h3-10,17H,11-12H2,1-2H3,(H,24,29)(H2,25,26,27,28,30)/t17-/m1/s1. The molecular formula is C23H22N4O4S. The molecule has 32 heavy (non-hydrogen) atoms. The zero-order valence-corrected chi connectivity index (χ0v) is 18.4. The quantitative estimate of drug-likeness (QED) is 0.392. The van der Waals surface area contributed by atoms with E-state index in [4.69, 9.17) is 4.74 Å². The summed E-state index contributed by atoms with van der Waals surface area (Å²) in [5.74, 6) is -0.343. The van der Waals surface area contributed by atoms with Crippen LogP contribution in [0.15, 0.2) is 58.5 Å². The van der Waals surface area contributed by atoms with Gasteiger partial charge in [-0.1, -0.05) is 36.0 Å². The number of aromatic amines is 1. The van der Waals surface area contributed by atoms with Crippen molar-refractivity contribution in [1.29, 1.82) is 0 Å². The topological polar surface area (TPSA) is 113 Å². The Hall–Kier alpha value is -3.59. The molecule has 0 unspecified atom stereocenters. The number of anilines is 2. The van der Waals surface area contributed by atoms with Gasteiger partial charge >= 0.3 is 0 Å². The zero-order valence-electron chi connectivity index (χ0n) is 17.6. The van der Waals surface area contributed by atoms with Gasteiger partial charge in [0.15, 0.2) is 5.16 Å². The number of nitrogens with zero attached hydrogens (tertiary/aromatic N) is 1. The molecule has 0 fully saturated rings. The molecular weight excluding hydrogens is 428 g/mol. The van der Waals surface area contributed by atoms with E-state index >= 15 is 0 Å². The van der Waals surface area contributed by atoms with Gasteiger partial charge in [0, 0.05) is 17.9 Å². The molecule has 1 aliphatic rings. The summed E-state index contributed by atoms with van der Waals surface area (Å²) < 4.78 is 5.11. The molecule has 2 heterocycles. The van der Waals surface area contributed by atoms with Crippen molar-refractivity contribution >= 4 is 35.1 Å². The van der Waals surface area contributed by atoms with Crippen molar-refractivity contribution in [2.24, 2.45) is 0 Å². The van der Waals surface area contributed by atoms with E-state index in [1.165, 1.54) is 11.8 Å². The van der Waals surface area contributed by atoms with Crippen LogP contribution in [0, 0.1) is 6.92 Å². The first-order valence-electron chi connectivity index (χ1n) is 10.0. The highest BCUT2D eigenvalue weighted by Crippen LogP contribution is 2.31. The molecule has 1 atom stereocenters. The summed E-state index contributed by atoms with van der Waals surface area (Å²) in [5.41, 5.74) is 2.54. The van der Waals surface area contributed by atoms with Crippen LogP contribution in [-0.2, 0) is 15.3 Å². The van der Waals surface area contributed by atoms with Crippen molar-refractivity contribution in [1.82, 2.24) is 9.97 Å². The molecule has 2 aromatic carbocycles. The molecule has 1 aromatic heterocycles. The predicted octanol–water partition coefficient (Wildman–Crippen LogP) is 3.44. The Bertz CT molecular complexity index is 1220. The third-order valence-electron chi connectivity index (χ3n) is 5.23. The summed E-state index contributed by atoms with van der Waals surface area (Å²) in [4.78, 5) is 45.2. The fraction of sp³-hybridized carbons (Fsp3) is 0.217. The average molecular weight is 451 g/mol. The Labute approximate surface area is 188 Å². The number of benzene rings is 2. The summed E-state index contributed by atoms with van der Waals surface area (Å²) in [5, 5.41) is 5.78. The van der Waals surface area contributed by atoms with E-state index < -0.39 is 17.4 Å². The summed E-state index contributed by atoms with van der Waals surface area (Å²) in [6, 6.07) is 14.8. The van der Waals surface area contributed by atoms with Gasteiger partial charge in [0.05, 0.1) is 18.6 Å². The van der Waals surface area contributed by atoms with Gasteiger partial charge < -0.3 is 20.4 Å². The normalized spacial score (nSPS) is 14.9. The number of aromatic nitrogens is 2. The molecule has 4 rings (SSSR count). The number of carbonyl (C=O) groups is 2. The van der Waals surface area contributed by atoms with Crippen molar-refractivity contribution in [2.75, 3.05) is 17.7 Å². The van der Waals surface area contributed by atoms with E-state index in [2.05, 4.69) is 20.6 Å². The van der Waals surface area contributed by atoms with Gasteiger partial charge in [-0.05, 0) is 42.3 Å². The largest absolute Gasteiger partial charge is 0.497 e. The zero-order chi connectivity index (χ0) is 22.7. The molecule has 0 bridgehead atoms. The van der Waals surface area contributed by atoms with Crippen molar-refractivity contribution in [3.8, 4) is 5.75 Å². The molecule has 8 nitrogen and oxygen atoms in total. The fourth-order valence-electron chi connectivity index (χ4n) is 3.46. The molecule has 0 aliphatic carbocycles. The lowest BCUT2D eigenvalue weighted by molar-refractivity contribution is -0.123. The number of nitrogens with one attached hydrogen (secondary N) is 3. The summed E-state index contributed by atoms with van der Waals surface area (Å²) in [6.45, 7) is 2.02. The highest BCUT2D eigenvalue weighted by Gasteiger charge is 2.34. The lowest BCUT2D eigenvalue weighted by Gasteiger charge is -2.23. The Balaban J connectivity index is 1.56. The van der Waals surface area contributed by atoms with Crippen LogP contribution in [0.25, 0.3) is 0 Å². The lowest BCUT2D eigenvalue weighted by Crippen LogP contribution is -2.36. The van der Waals surface area contributed by atoms with Gasteiger partial charge in [-0.3, -0.25) is 14.4 Å². The average Bonchev–Trinajstić information content (AvgIpc) is 2.78. The molecule has 9 heteroatoms. The number of carbonyl (C=O) groups excluding carboxylic acids is 2. The van der Waals surface area contributed by atoms with E-state index in [0.717, 1.165) is 11.1 Å². The number of hydrogen-bond donors (Lipinski definition) is 3. The second-order valence-electron chi connectivity index (χ2n) is 7.37. The van der Waals surface area contributed by atoms with Gasteiger partial charge in [0.25, 0.3) is 5.56 Å². The molecule has 0 radical (unpaired) electrons. The number of fused-ring (bicyclic) bond motifs is 1. The van der Waals surface area contributed by atoms with E-state index in [1.54, 1.807) is 31.4 Å². The number of ether oxygens (including phenoxy) is 1. The van der Waals surface area contributed by atoms with E-state index in [0.29, 0.717) is 22.3 Å². The van der Waals surface area contributed by atoms with Crippen LogP contribution >= 0.6 is 11.8 Å². The second-order valence-corrected chi connectivity index (χ2v) is 8.34. The molecule has 3 aromatic rings. The summed E-state index contributed by atoms with van der Waals surface area (Å²) in [6.07, 6.45) is -0.130. The molecule has 0 spiro atoms. The predicted molar refractivity (Wildman–Crippen MR) is 123 cm³/mol. The molecule has 164 valence electrons. The fourth-order valence-corrected chi connectivity index (χ4v) is 4.40. The number of rotatable bonds is 6. The van der Waals surface area contributed by atoms with Gasteiger partial charge in [-0.25, -0.2) is 4.98 Å². The van der Waals surface area contributed by atoms with Crippen LogP contribution in [0.2, 0.25) is 0 Å². The summed E-state index contributed by atoms with van der Waals surface area (Å²) in [7, 11) is 1.55. The molecule has 0 saturated heterocycles. The SMILES string of the molecule is COc1ccc(NC(=O)[C@@H]2CC(=O)Nc3nc(SCc4ccccc4C)[nH]c(=O)c32)cc1. The maximum absolute atomic E-state index is 12.9. The number of thioether (sulfide) groups is 1. The third kappa shape index (κ3) is 4.67. The van der Waals surface area contributed by atoms with Crippen LogP contribution in [0.5, 0.6) is 5.75 Å². The van der Waals surface area contributed by atoms with Gasteiger partial charge in [-0.15, -0.1) is 0 Å². The van der Waals surface area contributed by atoms with Gasteiger partial charge in [0.2, 0.25) is 11.8 Å². The number of aryl methyl sites for hydroxylation is 1. The molecule has 2 amide bonds. The molecule has 3 N–H and O–H groups in total. The van der Waals surface area contributed by atoms with Gasteiger partial charge in [-0.2, -0.15) is 0 Å². The summed E-state index contributed by atoms with van der Waals surface area (Å²) >= 11 is 1.36. The highest BCUT2D eigenvalue weighted by atomic mass is 32.2. The number of methoxy groups -OCH3 is 1.